The van der Waals surface area contributed by atoms with Crippen molar-refractivity contribution in [2.75, 3.05) is 13.7 Å². The van der Waals surface area contributed by atoms with E-state index in [-0.39, 0.29) is 11.2 Å². The molecule has 1 aliphatic heterocycles. The zero-order valence-corrected chi connectivity index (χ0v) is 19.6. The van der Waals surface area contributed by atoms with E-state index in [0.717, 1.165) is 16.9 Å². The van der Waals surface area contributed by atoms with Crippen molar-refractivity contribution >= 4 is 40.7 Å². The molecule has 8 heteroatoms. The van der Waals surface area contributed by atoms with E-state index < -0.39 is 0 Å². The largest absolute Gasteiger partial charge is 0.497 e. The molecule has 1 atom stereocenters. The van der Waals surface area contributed by atoms with Crippen LogP contribution in [-0.4, -0.2) is 41.1 Å². The fourth-order valence-electron chi connectivity index (χ4n) is 3.32. The average molecular weight is 480 g/mol. The molecule has 1 aromatic heterocycles. The molecule has 1 unspecified atom stereocenters. The van der Waals surface area contributed by atoms with E-state index in [1.807, 2.05) is 60.7 Å². The Morgan fingerprint density at radius 1 is 1.15 bits per heavy atom. The minimum absolute atomic E-state index is 0.00677. The Kier molecular flexibility index (Phi) is 7.32. The van der Waals surface area contributed by atoms with Crippen LogP contribution >= 0.6 is 23.4 Å². The first-order valence-corrected chi connectivity index (χ1v) is 11.5. The Morgan fingerprint density at radius 2 is 1.91 bits per heavy atom. The number of carbonyl (C=O) groups excluding carboxylic acids is 1. The summed E-state index contributed by atoms with van der Waals surface area (Å²) in [7, 11) is 1.63. The van der Waals surface area contributed by atoms with Gasteiger partial charge in [0.05, 0.1) is 18.6 Å². The number of halogens is 1. The summed E-state index contributed by atoms with van der Waals surface area (Å²) < 4.78 is 11.0. The van der Waals surface area contributed by atoms with Crippen LogP contribution in [0.5, 0.6) is 5.75 Å². The highest BCUT2D eigenvalue weighted by Crippen LogP contribution is 2.30. The molecule has 0 spiro atoms. The molecule has 0 aliphatic carbocycles. The van der Waals surface area contributed by atoms with Gasteiger partial charge in [-0.15, -0.1) is 11.7 Å². The van der Waals surface area contributed by atoms with Gasteiger partial charge in [-0.25, -0.2) is 0 Å². The molecule has 2 heterocycles. The molecule has 1 fully saturated rings. The maximum Gasteiger partial charge on any atom is 0.242 e. The van der Waals surface area contributed by atoms with Gasteiger partial charge in [0.1, 0.15) is 17.3 Å². The minimum atomic E-state index is -0.271. The van der Waals surface area contributed by atoms with Crippen LogP contribution < -0.4 is 4.74 Å². The first-order valence-electron chi connectivity index (χ1n) is 10.3. The summed E-state index contributed by atoms with van der Waals surface area (Å²) in [6, 6.07) is 18.8. The summed E-state index contributed by atoms with van der Waals surface area (Å²) in [5.74, 6) is 2.04. The number of ether oxygens (including phenoxy) is 1. The Morgan fingerprint density at radius 3 is 2.61 bits per heavy atom. The Bertz CT molecular complexity index is 1190. The van der Waals surface area contributed by atoms with Crippen LogP contribution in [0.25, 0.3) is 11.3 Å². The number of nitrogens with zero attached hydrogens (tertiary/aromatic N) is 3. The summed E-state index contributed by atoms with van der Waals surface area (Å²) in [5, 5.41) is 9.39. The lowest BCUT2D eigenvalue weighted by Crippen LogP contribution is -2.32. The molecule has 6 nitrogen and oxygen atoms in total. The average Bonchev–Trinajstić information content (AvgIpc) is 3.41. The number of hydrogen-bond acceptors (Lipinski definition) is 6. The lowest BCUT2D eigenvalue weighted by atomic mass is 10.1. The van der Waals surface area contributed by atoms with E-state index in [2.05, 4.69) is 16.8 Å². The monoisotopic (exact) mass is 479 g/mol. The second-order valence-corrected chi connectivity index (χ2v) is 8.84. The summed E-state index contributed by atoms with van der Waals surface area (Å²) >= 11 is 7.34. The zero-order chi connectivity index (χ0) is 23.2. The lowest BCUT2D eigenvalue weighted by molar-refractivity contribution is -0.125. The SMILES string of the molecule is C=CCN1C(=O)C(Cc2ccc(OC)cc2)S/C1=N\N=C\c1ccc(-c2ccc(Cl)cc2)o1. The van der Waals surface area contributed by atoms with Gasteiger partial charge in [0.2, 0.25) is 5.91 Å². The summed E-state index contributed by atoms with van der Waals surface area (Å²) in [4.78, 5) is 14.5. The molecule has 2 aromatic carbocycles. The summed E-state index contributed by atoms with van der Waals surface area (Å²) in [6.45, 7) is 4.13. The van der Waals surface area contributed by atoms with Gasteiger partial charge >= 0.3 is 0 Å². The van der Waals surface area contributed by atoms with Gasteiger partial charge in [-0.2, -0.15) is 5.10 Å². The van der Waals surface area contributed by atoms with Crippen molar-refractivity contribution in [2.45, 2.75) is 11.7 Å². The Balaban J connectivity index is 1.46. The zero-order valence-electron chi connectivity index (χ0n) is 18.0. The topological polar surface area (TPSA) is 67.4 Å². The van der Waals surface area contributed by atoms with E-state index >= 15 is 0 Å². The van der Waals surface area contributed by atoms with Gasteiger partial charge in [0, 0.05) is 17.1 Å². The molecule has 0 radical (unpaired) electrons. The third-order valence-electron chi connectivity index (χ3n) is 5.00. The molecule has 1 aliphatic rings. The number of hydrogen-bond donors (Lipinski definition) is 0. The van der Waals surface area contributed by atoms with Crippen molar-refractivity contribution in [1.82, 2.24) is 4.90 Å². The number of amides is 1. The molecular weight excluding hydrogens is 458 g/mol. The van der Waals surface area contributed by atoms with Crippen LogP contribution in [0.1, 0.15) is 11.3 Å². The molecule has 1 amide bonds. The fourth-order valence-corrected chi connectivity index (χ4v) is 4.59. The third-order valence-corrected chi connectivity index (χ3v) is 6.41. The van der Waals surface area contributed by atoms with Gasteiger partial charge in [0.15, 0.2) is 5.17 Å². The highest BCUT2D eigenvalue weighted by atomic mass is 35.5. The standard InChI is InChI=1S/C25H22ClN3O3S/c1-3-14-29-24(30)23(15-17-4-10-20(31-2)11-5-17)33-25(29)28-27-16-21-12-13-22(32-21)18-6-8-19(26)9-7-18/h3-13,16,23H,1,14-15H2,2H3/b27-16+,28-25-. The highest BCUT2D eigenvalue weighted by Gasteiger charge is 2.37. The number of carbonyl (C=O) groups is 1. The second kappa shape index (κ2) is 10.6. The van der Waals surface area contributed by atoms with Gasteiger partial charge in [-0.1, -0.05) is 41.6 Å². The number of rotatable bonds is 8. The molecule has 3 aromatic rings. The van der Waals surface area contributed by atoms with Crippen molar-refractivity contribution in [3.63, 3.8) is 0 Å². The Hall–Kier alpha value is -3.29. The molecule has 33 heavy (non-hydrogen) atoms. The third kappa shape index (κ3) is 5.56. The molecular formula is C25H22ClN3O3S. The number of amidine groups is 1. The molecule has 4 rings (SSSR count). The van der Waals surface area contributed by atoms with E-state index in [1.54, 1.807) is 18.1 Å². The predicted molar refractivity (Wildman–Crippen MR) is 134 cm³/mol. The smallest absolute Gasteiger partial charge is 0.242 e. The van der Waals surface area contributed by atoms with Crippen LogP contribution in [0.4, 0.5) is 0 Å². The van der Waals surface area contributed by atoms with Gasteiger partial charge in [0.25, 0.3) is 0 Å². The second-order valence-electron chi connectivity index (χ2n) is 7.23. The van der Waals surface area contributed by atoms with Crippen LogP contribution in [0.3, 0.4) is 0 Å². The number of furan rings is 1. The fraction of sp³-hybridized carbons (Fsp3) is 0.160. The van der Waals surface area contributed by atoms with E-state index in [4.69, 9.17) is 20.8 Å². The van der Waals surface area contributed by atoms with E-state index in [9.17, 15) is 4.79 Å². The van der Waals surface area contributed by atoms with Crippen LogP contribution in [0, 0.1) is 0 Å². The first-order chi connectivity index (χ1) is 16.1. The molecule has 0 saturated carbocycles. The van der Waals surface area contributed by atoms with Crippen molar-refractivity contribution in [1.29, 1.82) is 0 Å². The van der Waals surface area contributed by atoms with E-state index in [1.165, 1.54) is 18.0 Å². The molecule has 1 saturated heterocycles. The molecule has 0 N–H and O–H groups in total. The van der Waals surface area contributed by atoms with Gasteiger partial charge < -0.3 is 9.15 Å². The summed E-state index contributed by atoms with van der Waals surface area (Å²) in [6.07, 6.45) is 3.80. The maximum atomic E-state index is 12.9. The minimum Gasteiger partial charge on any atom is -0.497 e. The quantitative estimate of drug-likeness (QED) is 0.237. The van der Waals surface area contributed by atoms with E-state index in [0.29, 0.717) is 34.7 Å². The summed E-state index contributed by atoms with van der Waals surface area (Å²) in [5.41, 5.74) is 1.97. The predicted octanol–water partition coefficient (Wildman–Crippen LogP) is 5.67. The van der Waals surface area contributed by atoms with Gasteiger partial charge in [-0.05, 0) is 60.5 Å². The van der Waals surface area contributed by atoms with Crippen LogP contribution in [-0.2, 0) is 11.2 Å². The van der Waals surface area contributed by atoms with Crippen LogP contribution in [0.2, 0.25) is 5.02 Å². The number of benzene rings is 2. The molecule has 168 valence electrons. The van der Waals surface area contributed by atoms with Crippen molar-refractivity contribution < 1.29 is 13.9 Å². The van der Waals surface area contributed by atoms with Crippen molar-refractivity contribution in [3.05, 3.63) is 89.7 Å². The maximum absolute atomic E-state index is 12.9. The Labute approximate surface area is 201 Å². The lowest BCUT2D eigenvalue weighted by Gasteiger charge is -2.12. The number of methoxy groups -OCH3 is 1. The van der Waals surface area contributed by atoms with Crippen molar-refractivity contribution in [2.24, 2.45) is 10.2 Å². The first kappa shape index (κ1) is 22.9. The van der Waals surface area contributed by atoms with Crippen molar-refractivity contribution in [3.8, 4) is 17.1 Å². The normalized spacial score (nSPS) is 17.3. The molecule has 0 bridgehead atoms. The highest BCUT2D eigenvalue weighted by molar-refractivity contribution is 8.15. The number of thioether (sulfide) groups is 1. The van der Waals surface area contributed by atoms with Crippen LogP contribution in [0.15, 0.2) is 87.9 Å². The van der Waals surface area contributed by atoms with Gasteiger partial charge in [-0.3, -0.25) is 9.69 Å².